The molecule has 41 heavy (non-hydrogen) atoms. The fraction of sp³-hybridized carbons (Fsp3) is 0.355. The summed E-state index contributed by atoms with van der Waals surface area (Å²) >= 11 is 12.5. The van der Waals surface area contributed by atoms with Crippen LogP contribution in [0.1, 0.15) is 43.7 Å². The molecule has 1 N–H and O–H groups in total. The normalized spacial score (nSPS) is 12.0. The zero-order chi connectivity index (χ0) is 29.8. The van der Waals surface area contributed by atoms with Crippen LogP contribution < -0.4 is 9.62 Å². The predicted octanol–water partition coefficient (Wildman–Crippen LogP) is 6.10. The van der Waals surface area contributed by atoms with Gasteiger partial charge >= 0.3 is 0 Å². The van der Waals surface area contributed by atoms with E-state index in [4.69, 9.17) is 23.2 Å². The summed E-state index contributed by atoms with van der Waals surface area (Å²) in [7, 11) is -3.60. The van der Waals surface area contributed by atoms with Gasteiger partial charge in [0.2, 0.25) is 21.8 Å². The lowest BCUT2D eigenvalue weighted by atomic mass is 10.0. The molecule has 0 aromatic heterocycles. The number of anilines is 1. The highest BCUT2D eigenvalue weighted by molar-refractivity contribution is 7.92. The van der Waals surface area contributed by atoms with Gasteiger partial charge in [-0.3, -0.25) is 13.9 Å². The van der Waals surface area contributed by atoms with Gasteiger partial charge in [0.05, 0.1) is 11.9 Å². The first-order valence-electron chi connectivity index (χ1n) is 13.7. The van der Waals surface area contributed by atoms with Crippen LogP contribution in [0.4, 0.5) is 5.69 Å². The number of carbonyl (C=O) groups is 2. The molecule has 0 fully saturated rings. The largest absolute Gasteiger partial charge is 0.354 e. The highest BCUT2D eigenvalue weighted by atomic mass is 35.5. The number of hydrogen-bond donors (Lipinski definition) is 1. The van der Waals surface area contributed by atoms with Gasteiger partial charge in [-0.15, -0.1) is 0 Å². The molecule has 0 aliphatic carbocycles. The SMILES string of the molecule is CCCCNC(=O)[C@H](Cc1ccccc1)N(Cc1ccccc1Cl)C(=O)CCCN(c1ccc(Cl)cc1)S(C)(=O)=O. The third-order valence-electron chi connectivity index (χ3n) is 6.67. The quantitative estimate of drug-likeness (QED) is 0.209. The number of nitrogens with one attached hydrogen (secondary N) is 1. The van der Waals surface area contributed by atoms with Crippen LogP contribution in [0.25, 0.3) is 0 Å². The zero-order valence-electron chi connectivity index (χ0n) is 23.4. The molecule has 0 aliphatic rings. The Hall–Kier alpha value is -3.07. The van der Waals surface area contributed by atoms with Crippen molar-refractivity contribution < 1.29 is 18.0 Å². The zero-order valence-corrected chi connectivity index (χ0v) is 25.8. The number of carbonyl (C=O) groups excluding carboxylic acids is 2. The maximum absolute atomic E-state index is 13.9. The monoisotopic (exact) mass is 617 g/mol. The Morgan fingerprint density at radius 3 is 2.20 bits per heavy atom. The van der Waals surface area contributed by atoms with Crippen molar-refractivity contribution in [2.24, 2.45) is 0 Å². The van der Waals surface area contributed by atoms with Crippen molar-refractivity contribution in [3.05, 3.63) is 100 Å². The Balaban J connectivity index is 1.87. The minimum atomic E-state index is -3.60. The van der Waals surface area contributed by atoms with Crippen LogP contribution in [0.2, 0.25) is 10.0 Å². The molecule has 0 unspecified atom stereocenters. The van der Waals surface area contributed by atoms with Crippen LogP contribution >= 0.6 is 23.2 Å². The van der Waals surface area contributed by atoms with Crippen molar-refractivity contribution in [2.75, 3.05) is 23.7 Å². The van der Waals surface area contributed by atoms with Gasteiger partial charge in [0.15, 0.2) is 0 Å². The van der Waals surface area contributed by atoms with E-state index in [0.29, 0.717) is 28.7 Å². The lowest BCUT2D eigenvalue weighted by molar-refractivity contribution is -0.141. The van der Waals surface area contributed by atoms with E-state index in [1.807, 2.05) is 55.5 Å². The van der Waals surface area contributed by atoms with Gasteiger partial charge in [-0.1, -0.05) is 85.1 Å². The second-order valence-electron chi connectivity index (χ2n) is 9.88. The van der Waals surface area contributed by atoms with E-state index in [1.54, 1.807) is 35.2 Å². The molecule has 0 heterocycles. The van der Waals surface area contributed by atoms with Gasteiger partial charge in [0.1, 0.15) is 6.04 Å². The lowest BCUT2D eigenvalue weighted by Gasteiger charge is -2.32. The van der Waals surface area contributed by atoms with Crippen molar-refractivity contribution in [1.82, 2.24) is 10.2 Å². The van der Waals surface area contributed by atoms with Crippen molar-refractivity contribution in [2.45, 2.75) is 51.6 Å². The molecule has 2 amide bonds. The van der Waals surface area contributed by atoms with E-state index in [9.17, 15) is 18.0 Å². The fourth-order valence-corrected chi connectivity index (χ4v) is 5.77. The van der Waals surface area contributed by atoms with E-state index in [0.717, 1.165) is 30.2 Å². The van der Waals surface area contributed by atoms with Gasteiger partial charge in [0, 0.05) is 42.5 Å². The topological polar surface area (TPSA) is 86.8 Å². The molecule has 220 valence electrons. The summed E-state index contributed by atoms with van der Waals surface area (Å²) in [6.45, 7) is 2.80. The summed E-state index contributed by atoms with van der Waals surface area (Å²) in [6, 6.07) is 22.5. The molecule has 0 saturated heterocycles. The summed E-state index contributed by atoms with van der Waals surface area (Å²) in [5.74, 6) is -0.498. The molecule has 0 aliphatic heterocycles. The molecule has 3 rings (SSSR count). The Morgan fingerprint density at radius 2 is 1.56 bits per heavy atom. The summed E-state index contributed by atoms with van der Waals surface area (Å²) in [4.78, 5) is 29.0. The van der Waals surface area contributed by atoms with Crippen LogP contribution in [-0.4, -0.2) is 50.5 Å². The molecule has 7 nitrogen and oxygen atoms in total. The first kappa shape index (κ1) is 32.4. The van der Waals surface area contributed by atoms with Gasteiger partial charge in [-0.25, -0.2) is 8.42 Å². The second kappa shape index (κ2) is 15.8. The standard InChI is InChI=1S/C31H37Cl2N3O4S/c1-3-4-20-34-31(38)29(22-24-11-6-5-7-12-24)35(23-25-13-8-9-14-28(25)33)30(37)15-10-21-36(41(2,39)40)27-18-16-26(32)17-19-27/h5-9,11-14,16-19,29H,3-4,10,15,20-23H2,1-2H3,(H,34,38)/t29-/m0/s1. The average Bonchev–Trinajstić information content (AvgIpc) is 2.94. The van der Waals surface area contributed by atoms with Crippen LogP contribution in [0.5, 0.6) is 0 Å². The number of benzene rings is 3. The first-order chi connectivity index (χ1) is 19.6. The minimum Gasteiger partial charge on any atom is -0.354 e. The fourth-order valence-electron chi connectivity index (χ4n) is 4.48. The molecule has 0 radical (unpaired) electrons. The van der Waals surface area contributed by atoms with E-state index in [1.165, 1.54) is 4.31 Å². The minimum absolute atomic E-state index is 0.0393. The van der Waals surface area contributed by atoms with Crippen LogP contribution in [0, 0.1) is 0 Å². The number of rotatable bonds is 15. The molecular weight excluding hydrogens is 581 g/mol. The Bertz CT molecular complexity index is 1390. The van der Waals surface area contributed by atoms with Crippen LogP contribution in [0.3, 0.4) is 0 Å². The van der Waals surface area contributed by atoms with Crippen molar-refractivity contribution in [3.63, 3.8) is 0 Å². The van der Waals surface area contributed by atoms with Crippen LogP contribution in [-0.2, 0) is 32.6 Å². The van der Waals surface area contributed by atoms with E-state index in [2.05, 4.69) is 5.32 Å². The smallest absolute Gasteiger partial charge is 0.243 e. The third kappa shape index (κ3) is 10.1. The summed E-state index contributed by atoms with van der Waals surface area (Å²) in [5, 5.41) is 3.99. The summed E-state index contributed by atoms with van der Waals surface area (Å²) in [6.07, 6.45) is 3.50. The second-order valence-corrected chi connectivity index (χ2v) is 12.6. The molecule has 3 aromatic rings. The molecule has 0 spiro atoms. The lowest BCUT2D eigenvalue weighted by Crippen LogP contribution is -2.50. The molecule has 1 atom stereocenters. The highest BCUT2D eigenvalue weighted by Gasteiger charge is 2.30. The van der Waals surface area contributed by atoms with Crippen molar-refractivity contribution in [1.29, 1.82) is 0 Å². The molecule has 10 heteroatoms. The predicted molar refractivity (Wildman–Crippen MR) is 167 cm³/mol. The number of hydrogen-bond acceptors (Lipinski definition) is 4. The number of halogens is 2. The number of sulfonamides is 1. The Labute approximate surface area is 253 Å². The molecule has 0 bridgehead atoms. The maximum Gasteiger partial charge on any atom is 0.243 e. The van der Waals surface area contributed by atoms with Gasteiger partial charge < -0.3 is 10.2 Å². The Morgan fingerprint density at radius 1 is 0.902 bits per heavy atom. The van der Waals surface area contributed by atoms with Crippen molar-refractivity contribution in [3.8, 4) is 0 Å². The number of nitrogens with zero attached hydrogens (tertiary/aromatic N) is 2. The molecule has 0 saturated carbocycles. The van der Waals surface area contributed by atoms with E-state index in [-0.39, 0.29) is 37.7 Å². The molecule has 3 aromatic carbocycles. The van der Waals surface area contributed by atoms with Crippen LogP contribution in [0.15, 0.2) is 78.9 Å². The third-order valence-corrected chi connectivity index (χ3v) is 8.48. The Kier molecular flexibility index (Phi) is 12.5. The first-order valence-corrected chi connectivity index (χ1v) is 16.3. The summed E-state index contributed by atoms with van der Waals surface area (Å²) < 4.78 is 26.4. The maximum atomic E-state index is 13.9. The molecular formula is C31H37Cl2N3O4S. The summed E-state index contributed by atoms with van der Waals surface area (Å²) in [5.41, 5.74) is 2.11. The van der Waals surface area contributed by atoms with Gasteiger partial charge in [0.25, 0.3) is 0 Å². The van der Waals surface area contributed by atoms with Gasteiger partial charge in [-0.05, 0) is 54.3 Å². The van der Waals surface area contributed by atoms with E-state index >= 15 is 0 Å². The highest BCUT2D eigenvalue weighted by Crippen LogP contribution is 2.23. The van der Waals surface area contributed by atoms with Gasteiger partial charge in [-0.2, -0.15) is 0 Å². The van der Waals surface area contributed by atoms with E-state index < -0.39 is 16.1 Å². The number of amides is 2. The number of unbranched alkanes of at least 4 members (excludes halogenated alkanes) is 1. The average molecular weight is 619 g/mol. The van der Waals surface area contributed by atoms with Crippen molar-refractivity contribution >= 4 is 50.7 Å².